The van der Waals surface area contributed by atoms with Gasteiger partial charge in [-0.3, -0.25) is 4.79 Å². The standard InChI is InChI=1S/C20H18N2O3/c1-14-6-8-17(9-7-14)22-20(23)16(13-21)12-15-4-2-5-18-19(15)25-11-3-10-24-18/h2,4-9,12H,3,10-11H2,1H3,(H,22,23)/b16-12-. The van der Waals surface area contributed by atoms with Crippen LogP contribution in [0.25, 0.3) is 6.08 Å². The molecule has 0 bridgehead atoms. The van der Waals surface area contributed by atoms with Crippen LogP contribution in [0.3, 0.4) is 0 Å². The van der Waals surface area contributed by atoms with E-state index in [-0.39, 0.29) is 5.57 Å². The maximum absolute atomic E-state index is 12.4. The molecule has 126 valence electrons. The van der Waals surface area contributed by atoms with E-state index >= 15 is 0 Å². The summed E-state index contributed by atoms with van der Waals surface area (Å²) < 4.78 is 11.4. The zero-order valence-electron chi connectivity index (χ0n) is 13.9. The lowest BCUT2D eigenvalue weighted by molar-refractivity contribution is -0.112. The van der Waals surface area contributed by atoms with Gasteiger partial charge in [0.15, 0.2) is 11.5 Å². The second-order valence-electron chi connectivity index (χ2n) is 5.71. The average molecular weight is 334 g/mol. The van der Waals surface area contributed by atoms with Crippen LogP contribution in [0.5, 0.6) is 11.5 Å². The van der Waals surface area contributed by atoms with Gasteiger partial charge in [0.1, 0.15) is 11.6 Å². The summed E-state index contributed by atoms with van der Waals surface area (Å²) in [6, 6.07) is 14.8. The van der Waals surface area contributed by atoms with Crippen LogP contribution < -0.4 is 14.8 Å². The highest BCUT2D eigenvalue weighted by Gasteiger charge is 2.16. The Morgan fingerprint density at radius 3 is 2.68 bits per heavy atom. The minimum Gasteiger partial charge on any atom is -0.490 e. The number of nitrogens with zero attached hydrogens (tertiary/aromatic N) is 1. The van der Waals surface area contributed by atoms with E-state index in [2.05, 4.69) is 5.32 Å². The van der Waals surface area contributed by atoms with Crippen molar-refractivity contribution in [2.75, 3.05) is 18.5 Å². The number of benzene rings is 2. The van der Waals surface area contributed by atoms with Gasteiger partial charge in [-0.05, 0) is 31.2 Å². The maximum atomic E-state index is 12.4. The van der Waals surface area contributed by atoms with Crippen LogP contribution in [0, 0.1) is 18.3 Å². The highest BCUT2D eigenvalue weighted by atomic mass is 16.5. The topological polar surface area (TPSA) is 71.4 Å². The van der Waals surface area contributed by atoms with Crippen LogP contribution >= 0.6 is 0 Å². The molecular formula is C20H18N2O3. The number of fused-ring (bicyclic) bond motifs is 1. The first-order valence-corrected chi connectivity index (χ1v) is 8.06. The van der Waals surface area contributed by atoms with E-state index in [0.717, 1.165) is 12.0 Å². The van der Waals surface area contributed by atoms with Gasteiger partial charge in [0, 0.05) is 17.7 Å². The lowest BCUT2D eigenvalue weighted by Gasteiger charge is -2.10. The number of para-hydroxylation sites is 1. The van der Waals surface area contributed by atoms with Crippen LogP contribution in [-0.4, -0.2) is 19.1 Å². The summed E-state index contributed by atoms with van der Waals surface area (Å²) >= 11 is 0. The highest BCUT2D eigenvalue weighted by molar-refractivity contribution is 6.09. The fraction of sp³-hybridized carbons (Fsp3) is 0.200. The second-order valence-corrected chi connectivity index (χ2v) is 5.71. The van der Waals surface area contributed by atoms with Crippen LogP contribution in [0.1, 0.15) is 17.5 Å². The summed E-state index contributed by atoms with van der Waals surface area (Å²) in [5.74, 6) is 0.733. The first kappa shape index (κ1) is 16.6. The molecular weight excluding hydrogens is 316 g/mol. The molecule has 1 aliphatic rings. The van der Waals surface area contributed by atoms with Crippen molar-refractivity contribution < 1.29 is 14.3 Å². The summed E-state index contributed by atoms with van der Waals surface area (Å²) in [4.78, 5) is 12.4. The molecule has 5 heteroatoms. The van der Waals surface area contributed by atoms with Crippen LogP contribution in [0.15, 0.2) is 48.0 Å². The normalized spacial score (nSPS) is 13.5. The average Bonchev–Trinajstić information content (AvgIpc) is 2.87. The summed E-state index contributed by atoms with van der Waals surface area (Å²) in [5, 5.41) is 12.1. The van der Waals surface area contributed by atoms with Crippen LogP contribution in [-0.2, 0) is 4.79 Å². The molecule has 25 heavy (non-hydrogen) atoms. The predicted molar refractivity (Wildman–Crippen MR) is 95.4 cm³/mol. The van der Waals surface area contributed by atoms with Crippen LogP contribution in [0.2, 0.25) is 0 Å². The van der Waals surface area contributed by atoms with Crippen molar-refractivity contribution in [1.29, 1.82) is 5.26 Å². The summed E-state index contributed by atoms with van der Waals surface area (Å²) in [6.45, 7) is 3.09. The van der Waals surface area contributed by atoms with Crippen molar-refractivity contribution in [3.8, 4) is 17.6 Å². The molecule has 2 aromatic rings. The molecule has 0 aromatic heterocycles. The van der Waals surface area contributed by atoms with Gasteiger partial charge in [-0.2, -0.15) is 5.26 Å². The Balaban J connectivity index is 1.87. The minimum absolute atomic E-state index is 0.00169. The van der Waals surface area contributed by atoms with E-state index in [9.17, 15) is 10.1 Å². The molecule has 3 rings (SSSR count). The number of nitrogens with one attached hydrogen (secondary N) is 1. The number of nitriles is 1. The minimum atomic E-state index is -0.460. The first-order valence-electron chi connectivity index (χ1n) is 8.06. The third-order valence-electron chi connectivity index (χ3n) is 3.78. The zero-order chi connectivity index (χ0) is 17.6. The van der Waals surface area contributed by atoms with E-state index in [1.165, 1.54) is 6.08 Å². The molecule has 0 saturated carbocycles. The number of hydrogen-bond donors (Lipinski definition) is 1. The SMILES string of the molecule is Cc1ccc(NC(=O)/C(C#N)=C\c2cccc3c2OCCCO3)cc1. The van der Waals surface area contributed by atoms with E-state index in [1.807, 2.05) is 37.3 Å². The molecule has 1 aliphatic heterocycles. The van der Waals surface area contributed by atoms with Gasteiger partial charge >= 0.3 is 0 Å². The van der Waals surface area contributed by atoms with Gasteiger partial charge in [-0.1, -0.05) is 29.8 Å². The molecule has 1 N–H and O–H groups in total. The first-order chi connectivity index (χ1) is 12.2. The van der Waals surface area contributed by atoms with Crippen molar-refractivity contribution in [2.45, 2.75) is 13.3 Å². The molecule has 0 aliphatic carbocycles. The van der Waals surface area contributed by atoms with Crippen molar-refractivity contribution in [1.82, 2.24) is 0 Å². The Morgan fingerprint density at radius 2 is 1.92 bits per heavy atom. The quantitative estimate of drug-likeness (QED) is 0.686. The zero-order valence-corrected chi connectivity index (χ0v) is 13.9. The summed E-state index contributed by atoms with van der Waals surface area (Å²) in [5.41, 5.74) is 2.39. The Hall–Kier alpha value is -3.26. The fourth-order valence-electron chi connectivity index (χ4n) is 2.47. The molecule has 0 spiro atoms. The van der Waals surface area contributed by atoms with Gasteiger partial charge in [0.2, 0.25) is 0 Å². The molecule has 5 nitrogen and oxygen atoms in total. The molecule has 0 saturated heterocycles. The number of ether oxygens (including phenoxy) is 2. The van der Waals surface area contributed by atoms with Crippen molar-refractivity contribution >= 4 is 17.7 Å². The predicted octanol–water partition coefficient (Wildman–Crippen LogP) is 3.70. The Labute approximate surface area is 146 Å². The molecule has 1 heterocycles. The number of aryl methyl sites for hydroxylation is 1. The molecule has 1 amide bonds. The van der Waals surface area contributed by atoms with Gasteiger partial charge in [-0.15, -0.1) is 0 Å². The lowest BCUT2D eigenvalue weighted by atomic mass is 10.1. The maximum Gasteiger partial charge on any atom is 0.266 e. The number of carbonyl (C=O) groups is 1. The highest BCUT2D eigenvalue weighted by Crippen LogP contribution is 2.34. The third-order valence-corrected chi connectivity index (χ3v) is 3.78. The van der Waals surface area contributed by atoms with Crippen molar-refractivity contribution in [3.63, 3.8) is 0 Å². The Kier molecular flexibility index (Phi) is 5.00. The second kappa shape index (κ2) is 7.54. The molecule has 2 aromatic carbocycles. The van der Waals surface area contributed by atoms with Crippen molar-refractivity contribution in [3.05, 3.63) is 59.2 Å². The van der Waals surface area contributed by atoms with Gasteiger partial charge < -0.3 is 14.8 Å². The molecule has 0 atom stereocenters. The third kappa shape index (κ3) is 3.99. The lowest BCUT2D eigenvalue weighted by Crippen LogP contribution is -2.13. The smallest absolute Gasteiger partial charge is 0.266 e. The van der Waals surface area contributed by atoms with Crippen molar-refractivity contribution in [2.24, 2.45) is 0 Å². The molecule has 0 fully saturated rings. The monoisotopic (exact) mass is 334 g/mol. The Morgan fingerprint density at radius 1 is 1.16 bits per heavy atom. The summed E-state index contributed by atoms with van der Waals surface area (Å²) in [6.07, 6.45) is 2.31. The van der Waals surface area contributed by atoms with Gasteiger partial charge in [0.25, 0.3) is 5.91 Å². The number of rotatable bonds is 3. The van der Waals surface area contributed by atoms with E-state index in [1.54, 1.807) is 18.2 Å². The van der Waals surface area contributed by atoms with Gasteiger partial charge in [0.05, 0.1) is 13.2 Å². The van der Waals surface area contributed by atoms with E-state index < -0.39 is 5.91 Å². The number of carbonyl (C=O) groups excluding carboxylic acids is 1. The van der Waals surface area contributed by atoms with Gasteiger partial charge in [-0.25, -0.2) is 0 Å². The molecule has 0 radical (unpaired) electrons. The number of hydrogen-bond acceptors (Lipinski definition) is 4. The number of amides is 1. The largest absolute Gasteiger partial charge is 0.490 e. The Bertz CT molecular complexity index is 848. The molecule has 0 unspecified atom stereocenters. The van der Waals surface area contributed by atoms with E-state index in [0.29, 0.717) is 36.0 Å². The fourth-order valence-corrected chi connectivity index (χ4v) is 2.47. The summed E-state index contributed by atoms with van der Waals surface area (Å²) in [7, 11) is 0. The number of anilines is 1. The van der Waals surface area contributed by atoms with Crippen LogP contribution in [0.4, 0.5) is 5.69 Å². The van der Waals surface area contributed by atoms with E-state index in [4.69, 9.17) is 9.47 Å².